The molecule has 1 aliphatic heterocycles. The van der Waals surface area contributed by atoms with Crippen molar-refractivity contribution in [3.63, 3.8) is 0 Å². The molecule has 0 radical (unpaired) electrons. The van der Waals surface area contributed by atoms with Crippen LogP contribution in [-0.4, -0.2) is 61.1 Å². The lowest BCUT2D eigenvalue weighted by molar-refractivity contribution is -0.116. The molecule has 0 unspecified atom stereocenters. The SMILES string of the molecule is CCN(CC(=O)Nc1ccc(N2CCOCC2)cc1)C(=O)c1nccc2ccccc12. The molecule has 1 aliphatic rings. The monoisotopic (exact) mass is 418 g/mol. The third-order valence-electron chi connectivity index (χ3n) is 5.41. The van der Waals surface area contributed by atoms with Crippen molar-refractivity contribution in [3.8, 4) is 0 Å². The Balaban J connectivity index is 1.41. The summed E-state index contributed by atoms with van der Waals surface area (Å²) in [5, 5.41) is 4.61. The molecule has 7 nitrogen and oxygen atoms in total. The van der Waals surface area contributed by atoms with Crippen molar-refractivity contribution in [2.75, 3.05) is 49.6 Å². The molecule has 160 valence electrons. The molecule has 1 saturated heterocycles. The molecule has 3 aromatic rings. The number of carbonyl (C=O) groups excluding carboxylic acids is 2. The molecule has 0 spiro atoms. The molecule has 0 bridgehead atoms. The van der Waals surface area contributed by atoms with E-state index in [0.717, 1.165) is 42.8 Å². The van der Waals surface area contributed by atoms with Crippen molar-refractivity contribution >= 4 is 34.0 Å². The van der Waals surface area contributed by atoms with Crippen LogP contribution in [0.2, 0.25) is 0 Å². The van der Waals surface area contributed by atoms with Gasteiger partial charge >= 0.3 is 0 Å². The highest BCUT2D eigenvalue weighted by Gasteiger charge is 2.20. The summed E-state index contributed by atoms with van der Waals surface area (Å²) in [6.45, 7) is 5.41. The van der Waals surface area contributed by atoms with Crippen molar-refractivity contribution in [2.45, 2.75) is 6.92 Å². The van der Waals surface area contributed by atoms with Crippen LogP contribution < -0.4 is 10.2 Å². The minimum Gasteiger partial charge on any atom is -0.378 e. The van der Waals surface area contributed by atoms with E-state index in [4.69, 9.17) is 4.74 Å². The number of likely N-dealkylation sites (N-methyl/N-ethyl adjacent to an activating group) is 1. The van der Waals surface area contributed by atoms with E-state index < -0.39 is 0 Å². The van der Waals surface area contributed by atoms with E-state index in [2.05, 4.69) is 15.2 Å². The van der Waals surface area contributed by atoms with Gasteiger partial charge in [0.2, 0.25) is 5.91 Å². The summed E-state index contributed by atoms with van der Waals surface area (Å²) in [6.07, 6.45) is 1.62. The summed E-state index contributed by atoms with van der Waals surface area (Å²) in [6, 6.07) is 17.2. The van der Waals surface area contributed by atoms with Crippen molar-refractivity contribution in [1.82, 2.24) is 9.88 Å². The first-order valence-corrected chi connectivity index (χ1v) is 10.5. The number of anilines is 2. The van der Waals surface area contributed by atoms with Crippen LogP contribution in [0.3, 0.4) is 0 Å². The third kappa shape index (κ3) is 4.83. The Labute approximate surface area is 181 Å². The molecule has 7 heteroatoms. The number of benzene rings is 2. The zero-order chi connectivity index (χ0) is 21.6. The van der Waals surface area contributed by atoms with Gasteiger partial charge in [-0.05, 0) is 42.6 Å². The van der Waals surface area contributed by atoms with Crippen LogP contribution in [0.25, 0.3) is 10.8 Å². The number of pyridine rings is 1. The van der Waals surface area contributed by atoms with E-state index in [0.29, 0.717) is 17.9 Å². The average molecular weight is 418 g/mol. The van der Waals surface area contributed by atoms with E-state index in [-0.39, 0.29) is 18.4 Å². The predicted molar refractivity (Wildman–Crippen MR) is 121 cm³/mol. The lowest BCUT2D eigenvalue weighted by Gasteiger charge is -2.29. The first kappa shape index (κ1) is 20.8. The molecular weight excluding hydrogens is 392 g/mol. The molecule has 2 aromatic carbocycles. The van der Waals surface area contributed by atoms with E-state index in [1.165, 1.54) is 4.90 Å². The van der Waals surface area contributed by atoms with Gasteiger partial charge in [0.25, 0.3) is 5.91 Å². The molecule has 4 rings (SSSR count). The predicted octanol–water partition coefficient (Wildman–Crippen LogP) is 3.17. The maximum absolute atomic E-state index is 13.1. The van der Waals surface area contributed by atoms with Gasteiger partial charge in [0.15, 0.2) is 0 Å². The number of hydrogen-bond donors (Lipinski definition) is 1. The van der Waals surface area contributed by atoms with E-state index in [1.807, 2.05) is 61.5 Å². The number of fused-ring (bicyclic) bond motifs is 1. The van der Waals surface area contributed by atoms with Crippen molar-refractivity contribution in [1.29, 1.82) is 0 Å². The Kier molecular flexibility index (Phi) is 6.43. The van der Waals surface area contributed by atoms with Crippen LogP contribution in [0.1, 0.15) is 17.4 Å². The maximum atomic E-state index is 13.1. The van der Waals surface area contributed by atoms with Gasteiger partial charge in [-0.25, -0.2) is 0 Å². The minimum atomic E-state index is -0.253. The Bertz CT molecular complexity index is 1060. The molecule has 2 heterocycles. The lowest BCUT2D eigenvalue weighted by atomic mass is 10.1. The van der Waals surface area contributed by atoms with Gasteiger partial charge in [-0.15, -0.1) is 0 Å². The second-order valence-electron chi connectivity index (χ2n) is 7.39. The van der Waals surface area contributed by atoms with Gasteiger partial charge in [-0.2, -0.15) is 0 Å². The number of nitrogens with one attached hydrogen (secondary N) is 1. The third-order valence-corrected chi connectivity index (χ3v) is 5.41. The Hall–Kier alpha value is -3.45. The van der Waals surface area contributed by atoms with Crippen molar-refractivity contribution in [2.24, 2.45) is 0 Å². The summed E-state index contributed by atoms with van der Waals surface area (Å²) < 4.78 is 5.38. The number of hydrogen-bond acceptors (Lipinski definition) is 5. The van der Waals surface area contributed by atoms with E-state index >= 15 is 0 Å². The zero-order valence-electron chi connectivity index (χ0n) is 17.6. The maximum Gasteiger partial charge on any atom is 0.273 e. The fraction of sp³-hybridized carbons (Fsp3) is 0.292. The van der Waals surface area contributed by atoms with Crippen LogP contribution in [-0.2, 0) is 9.53 Å². The van der Waals surface area contributed by atoms with Crippen molar-refractivity contribution in [3.05, 3.63) is 66.5 Å². The molecular formula is C24H26N4O3. The van der Waals surface area contributed by atoms with Gasteiger partial charge in [0, 0.05) is 42.6 Å². The van der Waals surface area contributed by atoms with Gasteiger partial charge in [0.05, 0.1) is 13.2 Å². The van der Waals surface area contributed by atoms with Gasteiger partial charge in [0.1, 0.15) is 12.2 Å². The standard InChI is InChI=1S/C24H26N4O3/c1-2-27(24(30)23-21-6-4-3-5-18(21)11-12-25-23)17-22(29)26-19-7-9-20(10-8-19)28-13-15-31-16-14-28/h3-12H,2,13-17H2,1H3,(H,26,29). The largest absolute Gasteiger partial charge is 0.378 e. The van der Waals surface area contributed by atoms with E-state index in [9.17, 15) is 9.59 Å². The number of nitrogens with zero attached hydrogens (tertiary/aromatic N) is 3. The fourth-order valence-corrected chi connectivity index (χ4v) is 3.72. The number of rotatable bonds is 6. The van der Waals surface area contributed by atoms with Crippen LogP contribution in [0.4, 0.5) is 11.4 Å². The quantitative estimate of drug-likeness (QED) is 0.666. The molecule has 2 amide bonds. The second kappa shape index (κ2) is 9.57. The summed E-state index contributed by atoms with van der Waals surface area (Å²) >= 11 is 0. The lowest BCUT2D eigenvalue weighted by Crippen LogP contribution is -2.38. The Morgan fingerprint density at radius 1 is 1.06 bits per heavy atom. The average Bonchev–Trinajstić information content (AvgIpc) is 2.83. The first-order valence-electron chi connectivity index (χ1n) is 10.5. The second-order valence-corrected chi connectivity index (χ2v) is 7.39. The molecule has 0 saturated carbocycles. The molecule has 0 atom stereocenters. The highest BCUT2D eigenvalue weighted by atomic mass is 16.5. The molecule has 0 aliphatic carbocycles. The summed E-state index contributed by atoms with van der Waals surface area (Å²) in [4.78, 5) is 33.7. The number of ether oxygens (including phenoxy) is 1. The summed E-state index contributed by atoms with van der Waals surface area (Å²) in [5.41, 5.74) is 2.17. The first-order chi connectivity index (χ1) is 15.2. The number of aromatic nitrogens is 1. The number of carbonyl (C=O) groups is 2. The van der Waals surface area contributed by atoms with E-state index in [1.54, 1.807) is 6.20 Å². The Morgan fingerprint density at radius 2 is 1.81 bits per heavy atom. The van der Waals surface area contributed by atoms with Crippen LogP contribution in [0.5, 0.6) is 0 Å². The number of amides is 2. The van der Waals surface area contributed by atoms with Crippen LogP contribution >= 0.6 is 0 Å². The van der Waals surface area contributed by atoms with Gasteiger partial charge in [-0.1, -0.05) is 24.3 Å². The fourth-order valence-electron chi connectivity index (χ4n) is 3.72. The van der Waals surface area contributed by atoms with Crippen molar-refractivity contribution < 1.29 is 14.3 Å². The minimum absolute atomic E-state index is 0.0363. The molecule has 1 fully saturated rings. The normalized spacial score (nSPS) is 13.8. The molecule has 1 aromatic heterocycles. The summed E-state index contributed by atoms with van der Waals surface area (Å²) in [5.74, 6) is -0.494. The highest BCUT2D eigenvalue weighted by molar-refractivity contribution is 6.06. The molecule has 31 heavy (non-hydrogen) atoms. The van der Waals surface area contributed by atoms with Gasteiger partial charge < -0.3 is 19.9 Å². The Morgan fingerprint density at radius 3 is 2.55 bits per heavy atom. The van der Waals surface area contributed by atoms with Crippen LogP contribution in [0.15, 0.2) is 60.8 Å². The smallest absolute Gasteiger partial charge is 0.273 e. The number of morpholine rings is 1. The van der Waals surface area contributed by atoms with Gasteiger partial charge in [-0.3, -0.25) is 14.6 Å². The topological polar surface area (TPSA) is 74.8 Å². The zero-order valence-corrected chi connectivity index (χ0v) is 17.6. The summed E-state index contributed by atoms with van der Waals surface area (Å²) in [7, 11) is 0. The highest BCUT2D eigenvalue weighted by Crippen LogP contribution is 2.20. The molecule has 1 N–H and O–H groups in total. The van der Waals surface area contributed by atoms with Crippen LogP contribution in [0, 0.1) is 0 Å².